The van der Waals surface area contributed by atoms with Crippen molar-refractivity contribution in [1.82, 2.24) is 4.90 Å². The first kappa shape index (κ1) is 13.5. The van der Waals surface area contributed by atoms with Crippen molar-refractivity contribution in [3.8, 4) is 5.75 Å². The third kappa shape index (κ3) is 2.54. The molecule has 3 heteroatoms. The molecule has 108 valence electrons. The summed E-state index contributed by atoms with van der Waals surface area (Å²) in [5.74, 6) is 1.78. The fraction of sp³-hybridized carbons (Fsp3) is 0.588. The molecule has 0 N–H and O–H groups in total. The minimum atomic E-state index is -0.125. The van der Waals surface area contributed by atoms with Crippen LogP contribution in [0.2, 0.25) is 0 Å². The zero-order chi connectivity index (χ0) is 14.3. The zero-order valence-corrected chi connectivity index (χ0v) is 12.6. The predicted molar refractivity (Wildman–Crippen MR) is 79.2 cm³/mol. The Morgan fingerprint density at radius 2 is 2.05 bits per heavy atom. The van der Waals surface area contributed by atoms with Crippen LogP contribution in [0.25, 0.3) is 0 Å². The highest BCUT2D eigenvalue weighted by molar-refractivity contribution is 5.97. The van der Waals surface area contributed by atoms with E-state index in [1.807, 2.05) is 23.1 Å². The maximum Gasteiger partial charge on any atom is 0.254 e. The molecule has 3 rings (SSSR count). The Bertz CT molecular complexity index is 526. The van der Waals surface area contributed by atoms with E-state index in [0.29, 0.717) is 0 Å². The van der Waals surface area contributed by atoms with E-state index in [2.05, 4.69) is 20.8 Å². The number of benzene rings is 1. The van der Waals surface area contributed by atoms with Gasteiger partial charge in [0.1, 0.15) is 5.75 Å². The van der Waals surface area contributed by atoms with Crippen molar-refractivity contribution >= 4 is 5.91 Å². The standard InChI is InChI=1S/C17H23NO2/c1-17(2,3)18-10-9-13-14(16(18)19)5-4-6-15(13)20-11-12-7-8-12/h4-6,12H,7-11H2,1-3H3. The first-order valence-corrected chi connectivity index (χ1v) is 7.53. The van der Waals surface area contributed by atoms with Crippen LogP contribution in [0, 0.1) is 5.92 Å². The van der Waals surface area contributed by atoms with Crippen LogP contribution in [-0.4, -0.2) is 29.5 Å². The normalized spacial score (nSPS) is 18.9. The van der Waals surface area contributed by atoms with Gasteiger partial charge in [0.2, 0.25) is 0 Å². The number of fused-ring (bicyclic) bond motifs is 1. The topological polar surface area (TPSA) is 29.5 Å². The highest BCUT2D eigenvalue weighted by atomic mass is 16.5. The van der Waals surface area contributed by atoms with Gasteiger partial charge in [-0.3, -0.25) is 4.79 Å². The Hall–Kier alpha value is -1.51. The first-order chi connectivity index (χ1) is 9.47. The van der Waals surface area contributed by atoms with Crippen LogP contribution in [0.3, 0.4) is 0 Å². The molecular formula is C17H23NO2. The van der Waals surface area contributed by atoms with Crippen LogP contribution >= 0.6 is 0 Å². The highest BCUT2D eigenvalue weighted by Gasteiger charge is 2.33. The van der Waals surface area contributed by atoms with Crippen LogP contribution in [0.15, 0.2) is 18.2 Å². The van der Waals surface area contributed by atoms with E-state index in [4.69, 9.17) is 4.74 Å². The summed E-state index contributed by atoms with van der Waals surface area (Å²) in [5, 5.41) is 0. The van der Waals surface area contributed by atoms with E-state index in [-0.39, 0.29) is 11.4 Å². The van der Waals surface area contributed by atoms with Gasteiger partial charge < -0.3 is 9.64 Å². The quantitative estimate of drug-likeness (QED) is 0.846. The summed E-state index contributed by atoms with van der Waals surface area (Å²) in [7, 11) is 0. The Kier molecular flexibility index (Phi) is 3.23. The van der Waals surface area contributed by atoms with Crippen molar-refractivity contribution < 1.29 is 9.53 Å². The molecule has 0 bridgehead atoms. The van der Waals surface area contributed by atoms with Gasteiger partial charge in [0.05, 0.1) is 6.61 Å². The van der Waals surface area contributed by atoms with E-state index in [9.17, 15) is 4.79 Å². The van der Waals surface area contributed by atoms with Gasteiger partial charge in [-0.15, -0.1) is 0 Å². The van der Waals surface area contributed by atoms with Gasteiger partial charge in [0.25, 0.3) is 5.91 Å². The van der Waals surface area contributed by atoms with Crippen molar-refractivity contribution in [1.29, 1.82) is 0 Å². The molecule has 0 saturated heterocycles. The molecule has 2 aliphatic rings. The second-order valence-corrected chi connectivity index (χ2v) is 6.91. The first-order valence-electron chi connectivity index (χ1n) is 7.53. The molecule has 1 aromatic rings. The summed E-state index contributed by atoms with van der Waals surface area (Å²) < 4.78 is 5.93. The molecule has 1 aromatic carbocycles. The van der Waals surface area contributed by atoms with Gasteiger partial charge in [-0.25, -0.2) is 0 Å². The summed E-state index contributed by atoms with van der Waals surface area (Å²) in [6.07, 6.45) is 3.46. The van der Waals surface area contributed by atoms with Crippen molar-refractivity contribution in [2.75, 3.05) is 13.2 Å². The molecule has 3 nitrogen and oxygen atoms in total. The monoisotopic (exact) mass is 273 g/mol. The second kappa shape index (κ2) is 4.80. The fourth-order valence-electron chi connectivity index (χ4n) is 2.76. The van der Waals surface area contributed by atoms with Gasteiger partial charge in [-0.05, 0) is 58.1 Å². The third-order valence-electron chi connectivity index (χ3n) is 4.18. The number of carbonyl (C=O) groups is 1. The molecule has 1 fully saturated rings. The average Bonchev–Trinajstić information content (AvgIpc) is 3.19. The van der Waals surface area contributed by atoms with E-state index in [1.54, 1.807) is 0 Å². The largest absolute Gasteiger partial charge is 0.493 e. The average molecular weight is 273 g/mol. The number of nitrogens with zero attached hydrogens (tertiary/aromatic N) is 1. The lowest BCUT2D eigenvalue weighted by atomic mass is 9.94. The summed E-state index contributed by atoms with van der Waals surface area (Å²) in [5.41, 5.74) is 1.79. The SMILES string of the molecule is CC(C)(C)N1CCc2c(OCC3CC3)cccc2C1=O. The molecule has 0 unspecified atom stereocenters. The molecule has 20 heavy (non-hydrogen) atoms. The van der Waals surface area contributed by atoms with Crippen molar-refractivity contribution in [3.63, 3.8) is 0 Å². The smallest absolute Gasteiger partial charge is 0.254 e. The number of rotatable bonds is 3. The van der Waals surface area contributed by atoms with Crippen molar-refractivity contribution in [2.45, 2.75) is 45.6 Å². The number of carbonyl (C=O) groups excluding carboxylic acids is 1. The molecule has 1 aliphatic heterocycles. The zero-order valence-electron chi connectivity index (χ0n) is 12.6. The summed E-state index contributed by atoms with van der Waals surface area (Å²) in [4.78, 5) is 14.6. The molecule has 0 atom stereocenters. The number of amides is 1. The Morgan fingerprint density at radius 3 is 2.70 bits per heavy atom. The lowest BCUT2D eigenvalue weighted by molar-refractivity contribution is 0.0559. The highest BCUT2D eigenvalue weighted by Crippen LogP contribution is 2.33. The van der Waals surface area contributed by atoms with E-state index in [0.717, 1.165) is 42.4 Å². The predicted octanol–water partition coefficient (Wildman–Crippen LogP) is 3.27. The molecule has 1 heterocycles. The van der Waals surface area contributed by atoms with Gasteiger partial charge in [-0.2, -0.15) is 0 Å². The molecule has 0 aromatic heterocycles. The number of hydrogen-bond donors (Lipinski definition) is 0. The molecule has 0 radical (unpaired) electrons. The van der Waals surface area contributed by atoms with Crippen LogP contribution in [-0.2, 0) is 6.42 Å². The molecular weight excluding hydrogens is 250 g/mol. The summed E-state index contributed by atoms with van der Waals surface area (Å²) in [6, 6.07) is 5.87. The van der Waals surface area contributed by atoms with E-state index >= 15 is 0 Å². The van der Waals surface area contributed by atoms with Crippen molar-refractivity contribution in [3.05, 3.63) is 29.3 Å². The molecule has 0 spiro atoms. The minimum Gasteiger partial charge on any atom is -0.493 e. The van der Waals surface area contributed by atoms with Gasteiger partial charge in [0, 0.05) is 23.2 Å². The van der Waals surface area contributed by atoms with Gasteiger partial charge >= 0.3 is 0 Å². The van der Waals surface area contributed by atoms with Crippen molar-refractivity contribution in [2.24, 2.45) is 5.92 Å². The van der Waals surface area contributed by atoms with E-state index in [1.165, 1.54) is 12.8 Å². The maximum absolute atomic E-state index is 12.6. The van der Waals surface area contributed by atoms with Gasteiger partial charge in [-0.1, -0.05) is 6.07 Å². The van der Waals surface area contributed by atoms with Crippen LogP contribution < -0.4 is 4.74 Å². The Morgan fingerprint density at radius 1 is 1.30 bits per heavy atom. The third-order valence-corrected chi connectivity index (χ3v) is 4.18. The lowest BCUT2D eigenvalue weighted by Gasteiger charge is -2.39. The van der Waals surface area contributed by atoms with E-state index < -0.39 is 0 Å². The fourth-order valence-corrected chi connectivity index (χ4v) is 2.76. The van der Waals surface area contributed by atoms with Crippen LogP contribution in [0.5, 0.6) is 5.75 Å². The minimum absolute atomic E-state index is 0.125. The number of hydrogen-bond acceptors (Lipinski definition) is 2. The number of ether oxygens (including phenoxy) is 1. The second-order valence-electron chi connectivity index (χ2n) is 6.91. The molecule has 1 saturated carbocycles. The maximum atomic E-state index is 12.6. The Balaban J connectivity index is 1.85. The summed E-state index contributed by atoms with van der Waals surface area (Å²) in [6.45, 7) is 7.84. The molecule has 1 aliphatic carbocycles. The summed E-state index contributed by atoms with van der Waals surface area (Å²) >= 11 is 0. The Labute approximate surface area is 120 Å². The van der Waals surface area contributed by atoms with Gasteiger partial charge in [0.15, 0.2) is 0 Å². The molecule has 1 amide bonds. The van der Waals surface area contributed by atoms with Crippen LogP contribution in [0.1, 0.15) is 49.5 Å². The lowest BCUT2D eigenvalue weighted by Crippen LogP contribution is -2.49. The van der Waals surface area contributed by atoms with Crippen LogP contribution in [0.4, 0.5) is 0 Å².